The van der Waals surface area contributed by atoms with E-state index in [0.29, 0.717) is 18.6 Å². The van der Waals surface area contributed by atoms with Crippen molar-refractivity contribution < 1.29 is 9.53 Å². The second-order valence-electron chi connectivity index (χ2n) is 4.95. The van der Waals surface area contributed by atoms with Crippen LogP contribution in [0.4, 0.5) is 0 Å². The Bertz CT molecular complexity index is 430. The highest BCUT2D eigenvalue weighted by molar-refractivity contribution is 6.31. The fourth-order valence-corrected chi connectivity index (χ4v) is 2.86. The van der Waals surface area contributed by atoms with Gasteiger partial charge in [-0.2, -0.15) is 0 Å². The predicted octanol–water partition coefficient (Wildman–Crippen LogP) is 3.75. The van der Waals surface area contributed by atoms with Gasteiger partial charge in [0, 0.05) is 17.9 Å². The molecule has 0 aliphatic heterocycles. The van der Waals surface area contributed by atoms with Crippen LogP contribution in [0.25, 0.3) is 0 Å². The van der Waals surface area contributed by atoms with Gasteiger partial charge in [-0.25, -0.2) is 0 Å². The van der Waals surface area contributed by atoms with Crippen molar-refractivity contribution in [3.8, 4) is 5.75 Å². The topological polar surface area (TPSA) is 26.3 Å². The van der Waals surface area contributed by atoms with Crippen molar-refractivity contribution in [1.82, 2.24) is 0 Å². The lowest BCUT2D eigenvalue weighted by atomic mass is 9.70. The lowest BCUT2D eigenvalue weighted by molar-refractivity contribution is -0.121. The van der Waals surface area contributed by atoms with Gasteiger partial charge < -0.3 is 4.74 Å². The van der Waals surface area contributed by atoms with Crippen molar-refractivity contribution in [2.75, 3.05) is 7.11 Å². The van der Waals surface area contributed by atoms with Crippen molar-refractivity contribution in [2.24, 2.45) is 0 Å². The summed E-state index contributed by atoms with van der Waals surface area (Å²) in [4.78, 5) is 11.3. The van der Waals surface area contributed by atoms with Gasteiger partial charge >= 0.3 is 0 Å². The Labute approximate surface area is 107 Å². The first-order chi connectivity index (χ1) is 8.05. The van der Waals surface area contributed by atoms with Crippen LogP contribution >= 0.6 is 11.6 Å². The van der Waals surface area contributed by atoms with E-state index >= 15 is 0 Å². The number of hydrogen-bond acceptors (Lipinski definition) is 2. The summed E-state index contributed by atoms with van der Waals surface area (Å²) in [5, 5.41) is 0.737. The van der Waals surface area contributed by atoms with E-state index in [1.807, 2.05) is 18.2 Å². The van der Waals surface area contributed by atoms with Crippen molar-refractivity contribution >= 4 is 17.4 Å². The summed E-state index contributed by atoms with van der Waals surface area (Å²) >= 11 is 6.30. The van der Waals surface area contributed by atoms with Crippen molar-refractivity contribution in [3.63, 3.8) is 0 Å². The average molecular weight is 253 g/mol. The summed E-state index contributed by atoms with van der Waals surface area (Å²) in [5.41, 5.74) is 1.16. The Morgan fingerprint density at radius 1 is 1.29 bits per heavy atom. The smallest absolute Gasteiger partial charge is 0.132 e. The van der Waals surface area contributed by atoms with Gasteiger partial charge in [0.05, 0.1) is 7.11 Å². The SMILES string of the molecule is COc1ccc(C2(C)CCC(=O)CC2)c(Cl)c1. The molecule has 1 aromatic carbocycles. The van der Waals surface area contributed by atoms with Crippen LogP contribution in [0.1, 0.15) is 38.2 Å². The maximum atomic E-state index is 11.3. The number of Topliss-reactive ketones (excluding diaryl/α,β-unsaturated/α-hetero) is 1. The molecule has 0 saturated heterocycles. The molecule has 3 heteroatoms. The summed E-state index contributed by atoms with van der Waals surface area (Å²) in [6.07, 6.45) is 3.10. The normalized spacial score (nSPS) is 19.1. The summed E-state index contributed by atoms with van der Waals surface area (Å²) in [5.74, 6) is 1.14. The summed E-state index contributed by atoms with van der Waals surface area (Å²) in [7, 11) is 1.63. The number of hydrogen-bond donors (Lipinski definition) is 0. The van der Waals surface area contributed by atoms with E-state index < -0.39 is 0 Å². The number of benzene rings is 1. The van der Waals surface area contributed by atoms with Crippen LogP contribution < -0.4 is 4.74 Å². The molecule has 17 heavy (non-hydrogen) atoms. The fraction of sp³-hybridized carbons (Fsp3) is 0.500. The number of carbonyl (C=O) groups is 1. The maximum absolute atomic E-state index is 11.3. The predicted molar refractivity (Wildman–Crippen MR) is 68.8 cm³/mol. The standard InChI is InChI=1S/C14H17ClO2/c1-14(7-5-10(16)6-8-14)12-4-3-11(17-2)9-13(12)15/h3-4,9H,5-8H2,1-2H3. The zero-order chi connectivity index (χ0) is 12.5. The van der Waals surface area contributed by atoms with Gasteiger partial charge in [0.25, 0.3) is 0 Å². The number of carbonyl (C=O) groups excluding carboxylic acids is 1. The van der Waals surface area contributed by atoms with Crippen LogP contribution in [-0.4, -0.2) is 12.9 Å². The molecular weight excluding hydrogens is 236 g/mol. The second-order valence-corrected chi connectivity index (χ2v) is 5.35. The number of halogens is 1. The van der Waals surface area contributed by atoms with Crippen LogP contribution in [0.15, 0.2) is 18.2 Å². The molecule has 0 unspecified atom stereocenters. The highest BCUT2D eigenvalue weighted by Crippen LogP contribution is 2.41. The summed E-state index contributed by atoms with van der Waals surface area (Å²) < 4.78 is 5.15. The number of rotatable bonds is 2. The molecule has 0 bridgehead atoms. The minimum absolute atomic E-state index is 0.0251. The lowest BCUT2D eigenvalue weighted by Crippen LogP contribution is -2.29. The third-order valence-electron chi connectivity index (χ3n) is 3.74. The molecule has 1 saturated carbocycles. The summed E-state index contributed by atoms with van der Waals surface area (Å²) in [6, 6.07) is 5.80. The molecule has 2 rings (SSSR count). The Balaban J connectivity index is 2.30. The van der Waals surface area contributed by atoms with Crippen molar-refractivity contribution in [1.29, 1.82) is 0 Å². The highest BCUT2D eigenvalue weighted by Gasteiger charge is 2.33. The van der Waals surface area contributed by atoms with E-state index in [2.05, 4.69) is 6.92 Å². The van der Waals surface area contributed by atoms with E-state index in [1.54, 1.807) is 7.11 Å². The average Bonchev–Trinajstić information content (AvgIpc) is 2.33. The second kappa shape index (κ2) is 4.69. The first-order valence-corrected chi connectivity index (χ1v) is 6.29. The molecule has 1 aliphatic rings. The largest absolute Gasteiger partial charge is 0.497 e. The quantitative estimate of drug-likeness (QED) is 0.801. The molecule has 0 N–H and O–H groups in total. The minimum atomic E-state index is 0.0251. The van der Waals surface area contributed by atoms with Crippen LogP contribution in [0, 0.1) is 0 Å². The maximum Gasteiger partial charge on any atom is 0.132 e. The molecule has 92 valence electrons. The molecule has 0 atom stereocenters. The molecule has 2 nitrogen and oxygen atoms in total. The van der Waals surface area contributed by atoms with Crippen LogP contribution in [0.2, 0.25) is 5.02 Å². The third kappa shape index (κ3) is 2.47. The van der Waals surface area contributed by atoms with E-state index in [-0.39, 0.29) is 5.41 Å². The first kappa shape index (κ1) is 12.4. The van der Waals surface area contributed by atoms with E-state index in [4.69, 9.17) is 16.3 Å². The van der Waals surface area contributed by atoms with Crippen LogP contribution in [0.5, 0.6) is 5.75 Å². The Morgan fingerprint density at radius 3 is 2.47 bits per heavy atom. The van der Waals surface area contributed by atoms with Gasteiger partial charge in [0.1, 0.15) is 11.5 Å². The van der Waals surface area contributed by atoms with Gasteiger partial charge in [-0.15, -0.1) is 0 Å². The molecular formula is C14H17ClO2. The van der Waals surface area contributed by atoms with Crippen molar-refractivity contribution in [2.45, 2.75) is 38.0 Å². The summed E-state index contributed by atoms with van der Waals surface area (Å²) in [6.45, 7) is 2.19. The highest BCUT2D eigenvalue weighted by atomic mass is 35.5. The van der Waals surface area contributed by atoms with E-state index in [1.165, 1.54) is 0 Å². The molecule has 1 aromatic rings. The monoisotopic (exact) mass is 252 g/mol. The van der Waals surface area contributed by atoms with Gasteiger partial charge in [-0.3, -0.25) is 4.79 Å². The molecule has 1 fully saturated rings. The van der Waals surface area contributed by atoms with Crippen molar-refractivity contribution in [3.05, 3.63) is 28.8 Å². The zero-order valence-electron chi connectivity index (χ0n) is 10.3. The Morgan fingerprint density at radius 2 is 1.94 bits per heavy atom. The third-order valence-corrected chi connectivity index (χ3v) is 4.05. The zero-order valence-corrected chi connectivity index (χ0v) is 11.0. The number of ether oxygens (including phenoxy) is 1. The number of ketones is 1. The fourth-order valence-electron chi connectivity index (χ4n) is 2.46. The Kier molecular flexibility index (Phi) is 3.43. The molecule has 0 heterocycles. The lowest BCUT2D eigenvalue weighted by Gasteiger charge is -2.34. The molecule has 0 aromatic heterocycles. The molecule has 0 amide bonds. The molecule has 0 spiro atoms. The van der Waals surface area contributed by atoms with Crippen LogP contribution in [-0.2, 0) is 10.2 Å². The van der Waals surface area contributed by atoms with Gasteiger partial charge in [-0.1, -0.05) is 24.6 Å². The number of methoxy groups -OCH3 is 1. The van der Waals surface area contributed by atoms with Crippen LogP contribution in [0.3, 0.4) is 0 Å². The van der Waals surface area contributed by atoms with Gasteiger partial charge in [0.15, 0.2) is 0 Å². The molecule has 1 aliphatic carbocycles. The molecule has 0 radical (unpaired) electrons. The van der Waals surface area contributed by atoms with Gasteiger partial charge in [-0.05, 0) is 36.0 Å². The van der Waals surface area contributed by atoms with Gasteiger partial charge in [0.2, 0.25) is 0 Å². The minimum Gasteiger partial charge on any atom is -0.497 e. The Hall–Kier alpha value is -1.02. The van der Waals surface area contributed by atoms with E-state index in [0.717, 1.165) is 29.2 Å². The van der Waals surface area contributed by atoms with E-state index in [9.17, 15) is 4.79 Å². The first-order valence-electron chi connectivity index (χ1n) is 5.91.